The first-order chi connectivity index (χ1) is 29.5. The second kappa shape index (κ2) is 19.3. The maximum absolute atomic E-state index is 13.5. The molecule has 3 atom stereocenters. The van der Waals surface area contributed by atoms with Gasteiger partial charge in [-0.2, -0.15) is 26.9 Å². The molecule has 3 heterocycles. The summed E-state index contributed by atoms with van der Waals surface area (Å²) in [4.78, 5) is 65.1. The molecule has 1 aliphatic rings. The van der Waals surface area contributed by atoms with E-state index in [1.165, 1.54) is 33.3 Å². The highest BCUT2D eigenvalue weighted by Gasteiger charge is 2.58. The van der Waals surface area contributed by atoms with Gasteiger partial charge in [-0.3, -0.25) is 24.3 Å². The van der Waals surface area contributed by atoms with E-state index in [0.717, 1.165) is 13.2 Å². The number of alkyl halides is 5. The molecule has 1 fully saturated rings. The van der Waals surface area contributed by atoms with Crippen molar-refractivity contribution in [2.45, 2.75) is 42.8 Å². The van der Waals surface area contributed by atoms with E-state index in [0.29, 0.717) is 40.4 Å². The van der Waals surface area contributed by atoms with Gasteiger partial charge in [0.1, 0.15) is 29.2 Å². The molecule has 1 aliphatic heterocycles. The first-order valence-electron chi connectivity index (χ1n) is 18.1. The third-order valence-corrected chi connectivity index (χ3v) is 9.97. The zero-order valence-electron chi connectivity index (χ0n) is 32.0. The van der Waals surface area contributed by atoms with Crippen molar-refractivity contribution >= 4 is 41.1 Å². The minimum atomic E-state index is -6.00. The fourth-order valence-electron chi connectivity index (χ4n) is 5.68. The molecule has 2 aromatic heterocycles. The second-order valence-corrected chi connectivity index (χ2v) is 14.4. The normalized spacial score (nSPS) is 15.7. The number of halogens is 5. The fraction of sp³-hybridized carbons (Fsp3) is 0.289. The molecule has 3 aromatic carbocycles. The van der Waals surface area contributed by atoms with Gasteiger partial charge in [0.05, 0.1) is 37.1 Å². The minimum absolute atomic E-state index is 0.0728. The molecular weight excluding hydrogens is 856 g/mol. The molecule has 0 radical (unpaired) electrons. The molecule has 0 aliphatic carbocycles. The number of nitro benzene ring substituents is 1. The van der Waals surface area contributed by atoms with Crippen molar-refractivity contribution in [3.8, 4) is 11.4 Å². The highest BCUT2D eigenvalue weighted by Crippen LogP contribution is 2.37. The zero-order chi connectivity index (χ0) is 44.6. The van der Waals surface area contributed by atoms with Gasteiger partial charge in [-0.1, -0.05) is 35.5 Å². The topological polar surface area (TPSA) is 221 Å². The Bertz CT molecular complexity index is 2470. The number of ether oxygens (including phenoxy) is 4. The van der Waals surface area contributed by atoms with Gasteiger partial charge < -0.3 is 29.6 Å². The van der Waals surface area contributed by atoms with Crippen molar-refractivity contribution in [1.29, 1.82) is 0 Å². The summed E-state index contributed by atoms with van der Waals surface area (Å²) in [6.07, 6.45) is -3.62. The highest BCUT2D eigenvalue weighted by molar-refractivity contribution is 8.00. The van der Waals surface area contributed by atoms with Crippen molar-refractivity contribution in [1.82, 2.24) is 29.9 Å². The number of hydrogen-bond donors (Lipinski definition) is 2. The number of aromatic nitrogens is 5. The van der Waals surface area contributed by atoms with Crippen molar-refractivity contribution in [2.24, 2.45) is 0 Å². The van der Waals surface area contributed by atoms with Crippen LogP contribution in [-0.4, -0.2) is 96.9 Å². The number of hydrogen-bond acceptors (Lipinski definition) is 14. The van der Waals surface area contributed by atoms with Gasteiger partial charge in [0, 0.05) is 41.6 Å². The summed E-state index contributed by atoms with van der Waals surface area (Å²) in [5, 5.41) is 24.5. The SMILES string of the molecule is COC(=O)[C@H](Cc1ccc(-n2cc(COC[C@@H]3O[C@H](n4ccc(NC(=O)c5ccccc5)nc4=O)CS3)nn2)cc1)NC(=O)c1ccc([N+](=O)[O-])c(OCC(F)(F)C(F)(F)F)c1. The van der Waals surface area contributed by atoms with E-state index in [2.05, 4.69) is 30.7 Å². The number of thioether (sulfide) groups is 1. The van der Waals surface area contributed by atoms with Gasteiger partial charge >= 0.3 is 29.4 Å². The number of benzene rings is 3. The minimum Gasteiger partial charge on any atom is -0.480 e. The lowest BCUT2D eigenvalue weighted by Crippen LogP contribution is -2.43. The van der Waals surface area contributed by atoms with Crippen LogP contribution in [0.1, 0.15) is 38.2 Å². The third-order valence-electron chi connectivity index (χ3n) is 8.87. The van der Waals surface area contributed by atoms with Crippen LogP contribution in [0.25, 0.3) is 5.69 Å². The molecule has 5 aromatic rings. The smallest absolute Gasteiger partial charge is 0.456 e. The van der Waals surface area contributed by atoms with Crippen LogP contribution < -0.4 is 21.1 Å². The van der Waals surface area contributed by atoms with Gasteiger partial charge in [-0.05, 0) is 42.0 Å². The van der Waals surface area contributed by atoms with Crippen LogP contribution in [0.2, 0.25) is 0 Å². The van der Waals surface area contributed by atoms with E-state index in [9.17, 15) is 51.2 Å². The van der Waals surface area contributed by atoms with Gasteiger partial charge in [0.2, 0.25) is 0 Å². The maximum atomic E-state index is 13.5. The summed E-state index contributed by atoms with van der Waals surface area (Å²) >= 11 is 1.44. The van der Waals surface area contributed by atoms with Crippen molar-refractivity contribution < 1.29 is 60.2 Å². The molecule has 62 heavy (non-hydrogen) atoms. The Balaban J connectivity index is 0.995. The molecule has 0 bridgehead atoms. The number of anilines is 1. The Labute approximate surface area is 350 Å². The number of rotatable bonds is 17. The fourth-order valence-corrected chi connectivity index (χ4v) is 6.69. The van der Waals surface area contributed by atoms with E-state index < -0.39 is 81.8 Å². The van der Waals surface area contributed by atoms with E-state index in [-0.39, 0.29) is 25.5 Å². The average molecular weight is 889 g/mol. The Morgan fingerprint density at radius 1 is 1.02 bits per heavy atom. The molecule has 0 saturated carbocycles. The number of carbonyl (C=O) groups is 3. The molecule has 24 heteroatoms. The number of amides is 2. The standard InChI is InChI=1S/C38H33F5N8O10S/c1-58-35(54)27(44-34(53)24-9-12-28(51(56)57)29(16-24)60-21-37(39,40)38(41,42)43)15-22-7-10-26(11-8-22)50-17-25(47-48-50)18-59-19-32-61-31(20-62-32)49-14-13-30(46-36(49)55)45-33(52)23-5-3-2-4-6-23/h2-14,16-17,27,31-32H,15,18-21H2,1H3,(H,44,53)(H,45,46,52,55)/t27-,31-,32+/m0/s1. The van der Waals surface area contributed by atoms with Crippen LogP contribution in [0.3, 0.4) is 0 Å². The molecule has 6 rings (SSSR count). The predicted molar refractivity (Wildman–Crippen MR) is 207 cm³/mol. The molecule has 0 spiro atoms. The molecule has 2 N–H and O–H groups in total. The number of nitrogens with zero attached hydrogens (tertiary/aromatic N) is 6. The van der Waals surface area contributed by atoms with Gasteiger partial charge in [0.15, 0.2) is 12.4 Å². The summed E-state index contributed by atoms with van der Waals surface area (Å²) in [6.45, 7) is -2.05. The lowest BCUT2D eigenvalue weighted by molar-refractivity contribution is -0.386. The largest absolute Gasteiger partial charge is 0.480 e. The van der Waals surface area contributed by atoms with Gasteiger partial charge in [0.25, 0.3) is 11.8 Å². The predicted octanol–water partition coefficient (Wildman–Crippen LogP) is 4.88. The van der Waals surface area contributed by atoms with Gasteiger partial charge in [-0.15, -0.1) is 16.9 Å². The molecule has 2 amide bonds. The third kappa shape index (κ3) is 11.1. The van der Waals surface area contributed by atoms with E-state index in [1.54, 1.807) is 60.8 Å². The Hall–Kier alpha value is -6.79. The number of nitrogens with one attached hydrogen (secondary N) is 2. The summed E-state index contributed by atoms with van der Waals surface area (Å²) in [5.74, 6) is -8.16. The Morgan fingerprint density at radius 3 is 2.44 bits per heavy atom. The van der Waals surface area contributed by atoms with Crippen LogP contribution in [0.15, 0.2) is 96.1 Å². The average Bonchev–Trinajstić information content (AvgIpc) is 3.93. The summed E-state index contributed by atoms with van der Waals surface area (Å²) in [5.41, 5.74) is -0.454. The summed E-state index contributed by atoms with van der Waals surface area (Å²) in [7, 11) is 1.06. The second-order valence-electron chi connectivity index (χ2n) is 13.2. The number of methoxy groups -OCH3 is 1. The Kier molecular flexibility index (Phi) is 13.9. The first kappa shape index (κ1) is 44.8. The van der Waals surface area contributed by atoms with Crippen LogP contribution in [0.4, 0.5) is 33.5 Å². The van der Waals surface area contributed by atoms with Crippen LogP contribution in [-0.2, 0) is 32.0 Å². The molecular formula is C38H33F5N8O10S. The Morgan fingerprint density at radius 2 is 1.76 bits per heavy atom. The lowest BCUT2D eigenvalue weighted by Gasteiger charge is -2.20. The van der Waals surface area contributed by atoms with E-state index >= 15 is 0 Å². The summed E-state index contributed by atoms with van der Waals surface area (Å²) in [6, 6.07) is 17.4. The number of nitro groups is 1. The summed E-state index contributed by atoms with van der Waals surface area (Å²) < 4.78 is 88.6. The molecule has 18 nitrogen and oxygen atoms in total. The molecule has 1 saturated heterocycles. The van der Waals surface area contributed by atoms with Crippen molar-refractivity contribution in [3.05, 3.63) is 134 Å². The maximum Gasteiger partial charge on any atom is 0.456 e. The zero-order valence-corrected chi connectivity index (χ0v) is 32.8. The van der Waals surface area contributed by atoms with E-state index in [1.807, 2.05) is 0 Å². The lowest BCUT2D eigenvalue weighted by atomic mass is 10.0. The quantitative estimate of drug-likeness (QED) is 0.0550. The van der Waals surface area contributed by atoms with Crippen molar-refractivity contribution in [2.75, 3.05) is 31.4 Å². The highest BCUT2D eigenvalue weighted by atomic mass is 32.2. The number of carbonyl (C=O) groups excluding carboxylic acids is 3. The monoisotopic (exact) mass is 888 g/mol. The molecule has 0 unspecified atom stereocenters. The van der Waals surface area contributed by atoms with E-state index in [4.69, 9.17) is 14.2 Å². The van der Waals surface area contributed by atoms with Crippen LogP contribution >= 0.6 is 11.8 Å². The number of esters is 1. The first-order valence-corrected chi connectivity index (χ1v) is 19.1. The molecule has 326 valence electrons. The van der Waals surface area contributed by atoms with Gasteiger partial charge in [-0.25, -0.2) is 14.3 Å². The van der Waals surface area contributed by atoms with Crippen molar-refractivity contribution in [3.63, 3.8) is 0 Å². The van der Waals surface area contributed by atoms with Crippen LogP contribution in [0, 0.1) is 10.1 Å². The van der Waals surface area contributed by atoms with Crippen LogP contribution in [0.5, 0.6) is 5.75 Å².